The Kier molecular flexibility index (Phi) is 2.40. The molecule has 2 rings (SSSR count). The predicted molar refractivity (Wildman–Crippen MR) is 50.1 cm³/mol. The highest BCUT2D eigenvalue weighted by Gasteiger charge is 2.25. The summed E-state index contributed by atoms with van der Waals surface area (Å²) in [6, 6.07) is -0.942. The fraction of sp³-hybridized carbons (Fsp3) is 0.222. The summed E-state index contributed by atoms with van der Waals surface area (Å²) in [5.74, 6) is -1.04. The van der Waals surface area contributed by atoms with Gasteiger partial charge in [0, 0.05) is 12.4 Å². The first-order chi connectivity index (χ1) is 7.18. The Hall–Kier alpha value is -1.85. The van der Waals surface area contributed by atoms with Gasteiger partial charge in [-0.1, -0.05) is 4.48 Å². The molecule has 15 heavy (non-hydrogen) atoms. The molecule has 1 atom stereocenters. The van der Waals surface area contributed by atoms with Crippen LogP contribution < -0.4 is 0 Å². The number of hydrogen-bond acceptors (Lipinski definition) is 4. The zero-order chi connectivity index (χ0) is 10.8. The summed E-state index contributed by atoms with van der Waals surface area (Å²) in [7, 11) is 0. The first kappa shape index (κ1) is 9.70. The minimum atomic E-state index is -1.04. The highest BCUT2D eigenvalue weighted by Crippen LogP contribution is 2.25. The fourth-order valence-electron chi connectivity index (χ4n) is 1.25. The SMILES string of the molecule is Cc1cncc(C2C=NC=C(F)N2F)n1. The van der Waals surface area contributed by atoms with Gasteiger partial charge in [-0.3, -0.25) is 15.0 Å². The molecule has 4 nitrogen and oxygen atoms in total. The first-order valence-electron chi connectivity index (χ1n) is 4.31. The molecule has 0 aromatic carbocycles. The van der Waals surface area contributed by atoms with Crippen molar-refractivity contribution < 1.29 is 8.87 Å². The van der Waals surface area contributed by atoms with E-state index < -0.39 is 12.0 Å². The maximum Gasteiger partial charge on any atom is 0.236 e. The van der Waals surface area contributed by atoms with Crippen LogP contribution in [0.2, 0.25) is 0 Å². The Labute approximate surface area is 84.9 Å². The standard InChI is InChI=1S/C9H8F2N4/c1-6-2-12-3-7(14-6)8-4-13-5-9(10)15(8)11/h2-5,8H,1H3. The summed E-state index contributed by atoms with van der Waals surface area (Å²) in [4.78, 5) is 11.5. The second-order valence-corrected chi connectivity index (χ2v) is 3.09. The van der Waals surface area contributed by atoms with Gasteiger partial charge in [0.2, 0.25) is 5.95 Å². The molecule has 1 aromatic heterocycles. The largest absolute Gasteiger partial charge is 0.262 e. The molecule has 0 spiro atoms. The van der Waals surface area contributed by atoms with Gasteiger partial charge in [-0.05, 0) is 6.92 Å². The smallest absolute Gasteiger partial charge is 0.236 e. The second kappa shape index (κ2) is 3.72. The van der Waals surface area contributed by atoms with Crippen LogP contribution in [0.1, 0.15) is 17.4 Å². The van der Waals surface area contributed by atoms with E-state index in [0.717, 1.165) is 6.20 Å². The highest BCUT2D eigenvalue weighted by molar-refractivity contribution is 5.68. The van der Waals surface area contributed by atoms with Crippen LogP contribution >= 0.6 is 0 Å². The lowest BCUT2D eigenvalue weighted by Gasteiger charge is -2.21. The van der Waals surface area contributed by atoms with Crippen LogP contribution in [0.4, 0.5) is 8.87 Å². The van der Waals surface area contributed by atoms with E-state index in [-0.39, 0.29) is 5.12 Å². The summed E-state index contributed by atoms with van der Waals surface area (Å²) < 4.78 is 26.2. The van der Waals surface area contributed by atoms with Crippen molar-refractivity contribution >= 4 is 6.21 Å². The molecule has 0 N–H and O–H groups in total. The molecule has 0 saturated heterocycles. The van der Waals surface area contributed by atoms with Gasteiger partial charge in [-0.25, -0.2) is 0 Å². The summed E-state index contributed by atoms with van der Waals surface area (Å²) in [6.07, 6.45) is 5.00. The Balaban J connectivity index is 2.33. The van der Waals surface area contributed by atoms with Gasteiger partial charge in [0.15, 0.2) is 0 Å². The molecule has 1 aromatic rings. The quantitative estimate of drug-likeness (QED) is 0.524. The van der Waals surface area contributed by atoms with Gasteiger partial charge in [-0.2, -0.15) is 9.51 Å². The average Bonchev–Trinajstić information content (AvgIpc) is 2.22. The Bertz CT molecular complexity index is 430. The van der Waals surface area contributed by atoms with E-state index in [2.05, 4.69) is 15.0 Å². The topological polar surface area (TPSA) is 41.4 Å². The van der Waals surface area contributed by atoms with Crippen molar-refractivity contribution in [1.29, 1.82) is 0 Å². The van der Waals surface area contributed by atoms with E-state index in [1.807, 2.05) is 0 Å². The Morgan fingerprint density at radius 3 is 2.93 bits per heavy atom. The summed E-state index contributed by atoms with van der Waals surface area (Å²) in [5.41, 5.74) is 0.966. The Morgan fingerprint density at radius 2 is 2.20 bits per heavy atom. The molecule has 0 aliphatic carbocycles. The third kappa shape index (κ3) is 1.83. The number of aliphatic imine (C=N–C) groups is 1. The molecular formula is C9H8F2N4. The van der Waals surface area contributed by atoms with Gasteiger partial charge in [0.1, 0.15) is 6.04 Å². The van der Waals surface area contributed by atoms with Crippen molar-refractivity contribution in [3.63, 3.8) is 0 Å². The molecule has 6 heteroatoms. The minimum Gasteiger partial charge on any atom is -0.262 e. The fourth-order valence-corrected chi connectivity index (χ4v) is 1.25. The van der Waals surface area contributed by atoms with Crippen LogP contribution in [0.15, 0.2) is 29.5 Å². The molecule has 1 aliphatic heterocycles. The molecule has 0 amide bonds. The summed E-state index contributed by atoms with van der Waals surface area (Å²) >= 11 is 0. The lowest BCUT2D eigenvalue weighted by atomic mass is 10.2. The molecular weight excluding hydrogens is 202 g/mol. The van der Waals surface area contributed by atoms with E-state index >= 15 is 0 Å². The lowest BCUT2D eigenvalue weighted by molar-refractivity contribution is 0.0133. The van der Waals surface area contributed by atoms with E-state index in [4.69, 9.17) is 0 Å². The van der Waals surface area contributed by atoms with E-state index in [1.165, 1.54) is 18.6 Å². The van der Waals surface area contributed by atoms with Crippen LogP contribution in [0.3, 0.4) is 0 Å². The molecule has 0 fully saturated rings. The lowest BCUT2D eigenvalue weighted by Crippen LogP contribution is -2.23. The van der Waals surface area contributed by atoms with E-state index in [9.17, 15) is 8.87 Å². The molecule has 1 aliphatic rings. The van der Waals surface area contributed by atoms with Crippen LogP contribution in [0.5, 0.6) is 0 Å². The Morgan fingerprint density at radius 1 is 1.40 bits per heavy atom. The minimum absolute atomic E-state index is 0.0313. The van der Waals surface area contributed by atoms with Gasteiger partial charge >= 0.3 is 0 Å². The van der Waals surface area contributed by atoms with E-state index in [0.29, 0.717) is 11.4 Å². The van der Waals surface area contributed by atoms with Crippen molar-refractivity contribution in [2.24, 2.45) is 4.99 Å². The number of aryl methyl sites for hydroxylation is 1. The number of halogens is 2. The molecule has 0 saturated carbocycles. The molecule has 0 radical (unpaired) electrons. The van der Waals surface area contributed by atoms with Gasteiger partial charge in [0.05, 0.1) is 23.8 Å². The average molecular weight is 210 g/mol. The van der Waals surface area contributed by atoms with Gasteiger partial charge < -0.3 is 0 Å². The first-order valence-corrected chi connectivity index (χ1v) is 4.31. The van der Waals surface area contributed by atoms with Gasteiger partial charge in [0.25, 0.3) is 0 Å². The van der Waals surface area contributed by atoms with Crippen LogP contribution in [0.25, 0.3) is 0 Å². The summed E-state index contributed by atoms with van der Waals surface area (Å²) in [5, 5.41) is -0.0313. The number of nitrogens with zero attached hydrogens (tertiary/aromatic N) is 4. The highest BCUT2D eigenvalue weighted by atomic mass is 19.2. The zero-order valence-corrected chi connectivity index (χ0v) is 7.93. The predicted octanol–water partition coefficient (Wildman–Crippen LogP) is 1.87. The normalized spacial score (nSPS) is 20.3. The maximum atomic E-state index is 13.3. The van der Waals surface area contributed by atoms with Crippen molar-refractivity contribution in [1.82, 2.24) is 15.1 Å². The maximum absolute atomic E-state index is 13.3. The monoisotopic (exact) mass is 210 g/mol. The van der Waals surface area contributed by atoms with Crippen molar-refractivity contribution in [2.45, 2.75) is 13.0 Å². The molecule has 1 unspecified atom stereocenters. The van der Waals surface area contributed by atoms with Crippen molar-refractivity contribution in [3.05, 3.63) is 35.9 Å². The van der Waals surface area contributed by atoms with Crippen LogP contribution in [0, 0.1) is 6.92 Å². The second-order valence-electron chi connectivity index (χ2n) is 3.09. The van der Waals surface area contributed by atoms with E-state index in [1.54, 1.807) is 6.92 Å². The number of hydrogen-bond donors (Lipinski definition) is 0. The third-order valence-electron chi connectivity index (χ3n) is 1.93. The number of rotatable bonds is 1. The van der Waals surface area contributed by atoms with Gasteiger partial charge in [-0.15, -0.1) is 0 Å². The molecule has 2 heterocycles. The van der Waals surface area contributed by atoms with Crippen molar-refractivity contribution in [3.8, 4) is 0 Å². The van der Waals surface area contributed by atoms with Crippen LogP contribution in [-0.4, -0.2) is 21.3 Å². The summed E-state index contributed by atoms with van der Waals surface area (Å²) in [6.45, 7) is 1.73. The number of aromatic nitrogens is 2. The third-order valence-corrected chi connectivity index (χ3v) is 1.93. The van der Waals surface area contributed by atoms with Crippen LogP contribution in [-0.2, 0) is 0 Å². The molecule has 0 bridgehead atoms. The molecule has 78 valence electrons. The zero-order valence-electron chi connectivity index (χ0n) is 7.93. The van der Waals surface area contributed by atoms with Crippen molar-refractivity contribution in [2.75, 3.05) is 0 Å².